The molecule has 2 rings (SSSR count). The number of hydrogen-bond acceptors (Lipinski definition) is 5. The Morgan fingerprint density at radius 3 is 2.50 bits per heavy atom. The molecule has 0 bridgehead atoms. The monoisotopic (exact) mass is 346 g/mol. The van der Waals surface area contributed by atoms with Crippen LogP contribution in [-0.4, -0.2) is 29.5 Å². The van der Waals surface area contributed by atoms with Gasteiger partial charge in [-0.1, -0.05) is 43.7 Å². The predicted octanol–water partition coefficient (Wildman–Crippen LogP) is 3.44. The molecule has 1 heterocycles. The van der Waals surface area contributed by atoms with Gasteiger partial charge in [-0.05, 0) is 19.8 Å². The van der Waals surface area contributed by atoms with Gasteiger partial charge in [0, 0.05) is 17.0 Å². The number of carbonyl (C=O) groups excluding carboxylic acids is 2. The second kappa shape index (κ2) is 8.06. The van der Waals surface area contributed by atoms with E-state index < -0.39 is 5.97 Å². The SMILES string of the molecule is Cc1ccc(-c2nc(C(=O)OCC(=O)N[C@@H](C)C(C)C)cs2)cc1. The van der Waals surface area contributed by atoms with Gasteiger partial charge in [-0.25, -0.2) is 9.78 Å². The number of ether oxygens (including phenoxy) is 1. The van der Waals surface area contributed by atoms with Crippen LogP contribution in [0, 0.1) is 12.8 Å². The number of nitrogens with zero attached hydrogens (tertiary/aromatic N) is 1. The van der Waals surface area contributed by atoms with E-state index in [0.717, 1.165) is 16.1 Å². The van der Waals surface area contributed by atoms with Gasteiger partial charge in [-0.3, -0.25) is 4.79 Å². The molecule has 0 aliphatic carbocycles. The highest BCUT2D eigenvalue weighted by atomic mass is 32.1. The number of benzene rings is 1. The average Bonchev–Trinajstić information content (AvgIpc) is 3.03. The number of aryl methyl sites for hydroxylation is 1. The zero-order valence-electron chi connectivity index (χ0n) is 14.3. The molecule has 2 aromatic rings. The van der Waals surface area contributed by atoms with Crippen molar-refractivity contribution in [3.05, 3.63) is 40.9 Å². The molecule has 0 spiro atoms. The fraction of sp³-hybridized carbons (Fsp3) is 0.389. The second-order valence-corrected chi connectivity index (χ2v) is 6.94. The van der Waals surface area contributed by atoms with Crippen molar-refractivity contribution in [1.82, 2.24) is 10.3 Å². The summed E-state index contributed by atoms with van der Waals surface area (Å²) in [6, 6.07) is 7.95. The number of hydrogen-bond donors (Lipinski definition) is 1. The Labute approximate surface area is 146 Å². The van der Waals surface area contributed by atoms with Crippen molar-refractivity contribution in [1.29, 1.82) is 0 Å². The normalized spacial score (nSPS) is 12.0. The standard InChI is InChI=1S/C18H22N2O3S/c1-11(2)13(4)19-16(21)9-23-18(22)15-10-24-17(20-15)14-7-5-12(3)6-8-14/h5-8,10-11,13H,9H2,1-4H3,(H,19,21)/t13-/m0/s1. The van der Waals surface area contributed by atoms with Crippen molar-refractivity contribution in [3.8, 4) is 10.6 Å². The van der Waals surface area contributed by atoms with E-state index in [-0.39, 0.29) is 24.2 Å². The lowest BCUT2D eigenvalue weighted by Crippen LogP contribution is -2.38. The molecule has 6 heteroatoms. The molecule has 0 fully saturated rings. The van der Waals surface area contributed by atoms with Crippen molar-refractivity contribution < 1.29 is 14.3 Å². The molecule has 24 heavy (non-hydrogen) atoms. The maximum atomic E-state index is 12.0. The third kappa shape index (κ3) is 4.89. The molecule has 0 radical (unpaired) electrons. The highest BCUT2D eigenvalue weighted by Gasteiger charge is 2.16. The van der Waals surface area contributed by atoms with Gasteiger partial charge in [0.25, 0.3) is 5.91 Å². The van der Waals surface area contributed by atoms with Crippen molar-refractivity contribution in [2.45, 2.75) is 33.7 Å². The first kappa shape index (κ1) is 18.1. The van der Waals surface area contributed by atoms with Crippen molar-refractivity contribution in [3.63, 3.8) is 0 Å². The second-order valence-electron chi connectivity index (χ2n) is 6.08. The van der Waals surface area contributed by atoms with Crippen LogP contribution in [0.3, 0.4) is 0 Å². The zero-order chi connectivity index (χ0) is 17.7. The largest absolute Gasteiger partial charge is 0.451 e. The third-order valence-electron chi connectivity index (χ3n) is 3.73. The first-order valence-corrected chi connectivity index (χ1v) is 8.74. The number of amides is 1. The van der Waals surface area contributed by atoms with E-state index >= 15 is 0 Å². The molecule has 1 N–H and O–H groups in total. The van der Waals surface area contributed by atoms with Gasteiger partial charge in [0.2, 0.25) is 0 Å². The molecule has 0 unspecified atom stereocenters. The Morgan fingerprint density at radius 2 is 1.88 bits per heavy atom. The zero-order valence-corrected chi connectivity index (χ0v) is 15.1. The molecule has 1 amide bonds. The molecular formula is C18H22N2O3S. The fourth-order valence-corrected chi connectivity index (χ4v) is 2.66. The summed E-state index contributed by atoms with van der Waals surface area (Å²) in [5, 5.41) is 5.18. The van der Waals surface area contributed by atoms with Crippen molar-refractivity contribution in [2.24, 2.45) is 5.92 Å². The first-order chi connectivity index (χ1) is 11.4. The van der Waals surface area contributed by atoms with Gasteiger partial charge in [0.05, 0.1) is 0 Å². The Balaban J connectivity index is 1.92. The van der Waals surface area contributed by atoms with Crippen LogP contribution in [-0.2, 0) is 9.53 Å². The van der Waals surface area contributed by atoms with Gasteiger partial charge < -0.3 is 10.1 Å². The van der Waals surface area contributed by atoms with E-state index in [4.69, 9.17) is 4.74 Å². The van der Waals surface area contributed by atoms with Crippen LogP contribution in [0.2, 0.25) is 0 Å². The van der Waals surface area contributed by atoms with E-state index in [1.165, 1.54) is 11.3 Å². The third-order valence-corrected chi connectivity index (χ3v) is 4.63. The maximum absolute atomic E-state index is 12.0. The van der Waals surface area contributed by atoms with E-state index in [2.05, 4.69) is 10.3 Å². The first-order valence-electron chi connectivity index (χ1n) is 7.86. The van der Waals surface area contributed by atoms with E-state index in [1.807, 2.05) is 52.0 Å². The minimum absolute atomic E-state index is 0.0311. The number of thiazole rings is 1. The van der Waals surface area contributed by atoms with Gasteiger partial charge in [-0.2, -0.15) is 0 Å². The minimum atomic E-state index is -0.586. The Kier molecular flexibility index (Phi) is 6.09. The highest BCUT2D eigenvalue weighted by molar-refractivity contribution is 7.13. The molecule has 5 nitrogen and oxygen atoms in total. The Bertz CT molecular complexity index is 707. The summed E-state index contributed by atoms with van der Waals surface area (Å²) in [5.74, 6) is -0.573. The van der Waals surface area contributed by atoms with Gasteiger partial charge in [-0.15, -0.1) is 11.3 Å². The minimum Gasteiger partial charge on any atom is -0.451 e. The molecule has 0 aliphatic rings. The molecule has 1 aromatic heterocycles. The number of rotatable bonds is 6. The Morgan fingerprint density at radius 1 is 1.21 bits per heavy atom. The Hall–Kier alpha value is -2.21. The fourth-order valence-electron chi connectivity index (χ4n) is 1.86. The summed E-state index contributed by atoms with van der Waals surface area (Å²) in [7, 11) is 0. The smallest absolute Gasteiger partial charge is 0.358 e. The van der Waals surface area contributed by atoms with Crippen LogP contribution in [0.4, 0.5) is 0 Å². The summed E-state index contributed by atoms with van der Waals surface area (Å²) < 4.78 is 5.03. The highest BCUT2D eigenvalue weighted by Crippen LogP contribution is 2.24. The van der Waals surface area contributed by atoms with Crippen LogP contribution in [0.5, 0.6) is 0 Å². The molecular weight excluding hydrogens is 324 g/mol. The molecule has 128 valence electrons. The summed E-state index contributed by atoms with van der Waals surface area (Å²) in [4.78, 5) is 28.0. The average molecular weight is 346 g/mol. The van der Waals surface area contributed by atoms with Crippen LogP contribution < -0.4 is 5.32 Å². The van der Waals surface area contributed by atoms with Crippen LogP contribution in [0.1, 0.15) is 36.8 Å². The lowest BCUT2D eigenvalue weighted by Gasteiger charge is -2.17. The van der Waals surface area contributed by atoms with Crippen molar-refractivity contribution >= 4 is 23.2 Å². The van der Waals surface area contributed by atoms with E-state index in [1.54, 1.807) is 5.38 Å². The number of aromatic nitrogens is 1. The quantitative estimate of drug-likeness (QED) is 0.814. The summed E-state index contributed by atoms with van der Waals surface area (Å²) in [5.41, 5.74) is 2.34. The molecule has 1 atom stereocenters. The van der Waals surface area contributed by atoms with E-state index in [9.17, 15) is 9.59 Å². The molecule has 0 aliphatic heterocycles. The topological polar surface area (TPSA) is 68.3 Å². The lowest BCUT2D eigenvalue weighted by molar-refractivity contribution is -0.125. The van der Waals surface area contributed by atoms with Gasteiger partial charge >= 0.3 is 5.97 Å². The summed E-state index contributed by atoms with van der Waals surface area (Å²) >= 11 is 1.37. The van der Waals surface area contributed by atoms with Crippen molar-refractivity contribution in [2.75, 3.05) is 6.61 Å². The van der Waals surface area contributed by atoms with Crippen LogP contribution in [0.15, 0.2) is 29.6 Å². The van der Waals surface area contributed by atoms with Gasteiger partial charge in [0.15, 0.2) is 12.3 Å². The molecule has 0 saturated carbocycles. The van der Waals surface area contributed by atoms with Crippen LogP contribution >= 0.6 is 11.3 Å². The summed E-state index contributed by atoms with van der Waals surface area (Å²) in [6.45, 7) is 7.66. The maximum Gasteiger partial charge on any atom is 0.358 e. The van der Waals surface area contributed by atoms with Crippen LogP contribution in [0.25, 0.3) is 10.6 Å². The summed E-state index contributed by atoms with van der Waals surface area (Å²) in [6.07, 6.45) is 0. The molecule has 0 saturated heterocycles. The predicted molar refractivity (Wildman–Crippen MR) is 95.0 cm³/mol. The molecule has 1 aromatic carbocycles. The number of nitrogens with one attached hydrogen (secondary N) is 1. The lowest BCUT2D eigenvalue weighted by atomic mass is 10.1. The van der Waals surface area contributed by atoms with Gasteiger partial charge in [0.1, 0.15) is 5.01 Å². The van der Waals surface area contributed by atoms with E-state index in [0.29, 0.717) is 5.92 Å². The number of esters is 1. The number of carbonyl (C=O) groups is 2.